The summed E-state index contributed by atoms with van der Waals surface area (Å²) in [6.45, 7) is 6.11. The lowest BCUT2D eigenvalue weighted by molar-refractivity contribution is -0.129. The van der Waals surface area contributed by atoms with Gasteiger partial charge in [0, 0.05) is 18.7 Å². The average molecular weight is 406 g/mol. The number of nitrogens with one attached hydrogen (secondary N) is 1. The van der Waals surface area contributed by atoms with Crippen LogP contribution < -0.4 is 10.1 Å². The van der Waals surface area contributed by atoms with Gasteiger partial charge in [0.1, 0.15) is 11.4 Å². The number of anilines is 1. The molecular weight excluding hydrogens is 380 g/mol. The van der Waals surface area contributed by atoms with Crippen LogP contribution in [0, 0.1) is 5.92 Å². The van der Waals surface area contributed by atoms with Crippen LogP contribution in [0.1, 0.15) is 55.6 Å². The van der Waals surface area contributed by atoms with E-state index in [1.54, 1.807) is 23.1 Å². The summed E-state index contributed by atoms with van der Waals surface area (Å²) < 4.78 is 5.86. The molecular formula is C24H26N2O4. The summed E-state index contributed by atoms with van der Waals surface area (Å²) in [6.07, 6.45) is 0.477. The molecule has 0 aromatic heterocycles. The highest BCUT2D eigenvalue weighted by atomic mass is 16.5. The number of hydrogen-bond donors (Lipinski definition) is 1. The lowest BCUT2D eigenvalue weighted by Gasteiger charge is -2.31. The van der Waals surface area contributed by atoms with Gasteiger partial charge in [-0.25, -0.2) is 0 Å². The van der Waals surface area contributed by atoms with Gasteiger partial charge in [-0.05, 0) is 44.5 Å². The lowest BCUT2D eigenvalue weighted by Crippen LogP contribution is -2.36. The molecule has 2 amide bonds. The number of benzene rings is 2. The van der Waals surface area contributed by atoms with Crippen LogP contribution in [0.3, 0.4) is 0 Å². The Balaban J connectivity index is 1.44. The van der Waals surface area contributed by atoms with E-state index in [0.717, 1.165) is 5.56 Å². The molecule has 1 N–H and O–H groups in total. The first-order chi connectivity index (χ1) is 14.2. The Morgan fingerprint density at radius 3 is 2.63 bits per heavy atom. The zero-order chi connectivity index (χ0) is 21.5. The molecule has 1 saturated heterocycles. The number of ether oxygens (including phenoxy) is 1. The van der Waals surface area contributed by atoms with E-state index in [1.807, 2.05) is 51.1 Å². The van der Waals surface area contributed by atoms with Crippen LogP contribution in [-0.4, -0.2) is 34.6 Å². The summed E-state index contributed by atoms with van der Waals surface area (Å²) in [4.78, 5) is 39.6. The van der Waals surface area contributed by atoms with E-state index in [0.29, 0.717) is 30.0 Å². The number of fused-ring (bicyclic) bond motifs is 1. The second-order valence-electron chi connectivity index (χ2n) is 8.70. The highest BCUT2D eigenvalue weighted by Crippen LogP contribution is 2.35. The van der Waals surface area contributed by atoms with Crippen LogP contribution in [0.15, 0.2) is 48.5 Å². The molecule has 30 heavy (non-hydrogen) atoms. The summed E-state index contributed by atoms with van der Waals surface area (Å²) in [6, 6.07) is 14.8. The highest BCUT2D eigenvalue weighted by Gasteiger charge is 2.37. The molecule has 1 fully saturated rings. The van der Waals surface area contributed by atoms with Crippen molar-refractivity contribution < 1.29 is 19.1 Å². The number of nitrogens with zero attached hydrogens (tertiary/aromatic N) is 1. The molecule has 2 atom stereocenters. The van der Waals surface area contributed by atoms with E-state index in [9.17, 15) is 14.4 Å². The number of hydrogen-bond acceptors (Lipinski definition) is 4. The molecule has 0 spiro atoms. The fraction of sp³-hybridized carbons (Fsp3) is 0.375. The third-order valence-electron chi connectivity index (χ3n) is 5.80. The van der Waals surface area contributed by atoms with Crippen molar-refractivity contribution in [2.24, 2.45) is 5.92 Å². The number of carbonyl (C=O) groups is 3. The van der Waals surface area contributed by atoms with Crippen LogP contribution in [0.4, 0.5) is 5.69 Å². The summed E-state index contributed by atoms with van der Waals surface area (Å²) in [5, 5.41) is 2.87. The number of rotatable bonds is 4. The first-order valence-corrected chi connectivity index (χ1v) is 10.2. The summed E-state index contributed by atoms with van der Waals surface area (Å²) in [5.41, 5.74) is 1.53. The molecule has 156 valence electrons. The van der Waals surface area contributed by atoms with Gasteiger partial charge in [-0.3, -0.25) is 14.4 Å². The van der Waals surface area contributed by atoms with Gasteiger partial charge in [0.25, 0.3) is 0 Å². The average Bonchev–Trinajstić information content (AvgIpc) is 3.09. The Kier molecular flexibility index (Phi) is 5.10. The Morgan fingerprint density at radius 2 is 1.90 bits per heavy atom. The minimum Gasteiger partial charge on any atom is -0.487 e. The molecule has 2 aliphatic rings. The molecule has 0 radical (unpaired) electrons. The standard InChI is InChI=1S/C24H26N2O4/c1-15(16-7-5-4-6-8-16)26-14-17(11-22(26)28)23(29)25-18-9-10-21-19(12-18)20(27)13-24(2,3)30-21/h4-10,12,15,17H,11,13-14H2,1-3H3,(H,25,29). The number of ketones is 1. The molecule has 2 aromatic carbocycles. The van der Waals surface area contributed by atoms with E-state index in [4.69, 9.17) is 4.74 Å². The van der Waals surface area contributed by atoms with Crippen molar-refractivity contribution in [2.45, 2.75) is 45.3 Å². The van der Waals surface area contributed by atoms with E-state index >= 15 is 0 Å². The van der Waals surface area contributed by atoms with Gasteiger partial charge in [-0.2, -0.15) is 0 Å². The predicted octanol–water partition coefficient (Wildman–Crippen LogP) is 3.98. The largest absolute Gasteiger partial charge is 0.487 e. The SMILES string of the molecule is CC(c1ccccc1)N1CC(C(=O)Nc2ccc3c(c2)C(=O)CC(C)(C)O3)CC1=O. The fourth-order valence-corrected chi connectivity index (χ4v) is 4.17. The third kappa shape index (κ3) is 3.95. The first-order valence-electron chi connectivity index (χ1n) is 10.2. The van der Waals surface area contributed by atoms with Gasteiger partial charge in [0.15, 0.2) is 5.78 Å². The van der Waals surface area contributed by atoms with Crippen LogP contribution >= 0.6 is 0 Å². The molecule has 0 aliphatic carbocycles. The zero-order valence-electron chi connectivity index (χ0n) is 17.5. The van der Waals surface area contributed by atoms with Crippen molar-refractivity contribution >= 4 is 23.3 Å². The summed E-state index contributed by atoms with van der Waals surface area (Å²) in [5.74, 6) is -0.131. The van der Waals surface area contributed by atoms with E-state index in [-0.39, 0.29) is 30.1 Å². The number of Topliss-reactive ketones (excluding diaryl/α,β-unsaturated/α-hetero) is 1. The van der Waals surface area contributed by atoms with Gasteiger partial charge in [-0.15, -0.1) is 0 Å². The molecule has 2 heterocycles. The minimum absolute atomic E-state index is 0.00347. The third-order valence-corrected chi connectivity index (χ3v) is 5.80. The second kappa shape index (κ2) is 7.59. The quantitative estimate of drug-likeness (QED) is 0.833. The minimum atomic E-state index is -0.530. The Bertz CT molecular complexity index is 1000. The highest BCUT2D eigenvalue weighted by molar-refractivity contribution is 6.03. The normalized spacial score (nSPS) is 21.0. The number of likely N-dealkylation sites (tertiary alicyclic amines) is 1. The van der Waals surface area contributed by atoms with Crippen LogP contribution in [-0.2, 0) is 9.59 Å². The van der Waals surface area contributed by atoms with E-state index in [1.165, 1.54) is 0 Å². The van der Waals surface area contributed by atoms with E-state index in [2.05, 4.69) is 5.32 Å². The van der Waals surface area contributed by atoms with Gasteiger partial charge >= 0.3 is 0 Å². The Labute approximate surface area is 176 Å². The summed E-state index contributed by atoms with van der Waals surface area (Å²) >= 11 is 0. The van der Waals surface area contributed by atoms with Gasteiger partial charge < -0.3 is 15.0 Å². The first kappa shape index (κ1) is 20.1. The predicted molar refractivity (Wildman–Crippen MR) is 113 cm³/mol. The maximum Gasteiger partial charge on any atom is 0.229 e. The smallest absolute Gasteiger partial charge is 0.229 e. The Morgan fingerprint density at radius 1 is 1.17 bits per heavy atom. The second-order valence-corrected chi connectivity index (χ2v) is 8.70. The zero-order valence-corrected chi connectivity index (χ0v) is 17.5. The van der Waals surface area contributed by atoms with Crippen molar-refractivity contribution in [1.82, 2.24) is 4.90 Å². The number of carbonyl (C=O) groups excluding carboxylic acids is 3. The molecule has 0 saturated carbocycles. The van der Waals surface area contributed by atoms with Crippen molar-refractivity contribution in [2.75, 3.05) is 11.9 Å². The van der Waals surface area contributed by atoms with E-state index < -0.39 is 11.5 Å². The van der Waals surface area contributed by atoms with Crippen molar-refractivity contribution in [3.8, 4) is 5.75 Å². The lowest BCUT2D eigenvalue weighted by atomic mass is 9.93. The van der Waals surface area contributed by atoms with Crippen molar-refractivity contribution in [1.29, 1.82) is 0 Å². The molecule has 2 unspecified atom stereocenters. The van der Waals surface area contributed by atoms with Crippen molar-refractivity contribution in [3.63, 3.8) is 0 Å². The molecule has 0 bridgehead atoms. The van der Waals surface area contributed by atoms with Crippen LogP contribution in [0.2, 0.25) is 0 Å². The van der Waals surface area contributed by atoms with Gasteiger partial charge in [0.05, 0.1) is 23.9 Å². The monoisotopic (exact) mass is 406 g/mol. The van der Waals surface area contributed by atoms with Gasteiger partial charge in [0.2, 0.25) is 11.8 Å². The molecule has 4 rings (SSSR count). The van der Waals surface area contributed by atoms with Crippen LogP contribution in [0.5, 0.6) is 5.75 Å². The number of amides is 2. The van der Waals surface area contributed by atoms with Crippen molar-refractivity contribution in [3.05, 3.63) is 59.7 Å². The summed E-state index contributed by atoms with van der Waals surface area (Å²) in [7, 11) is 0. The topological polar surface area (TPSA) is 75.7 Å². The van der Waals surface area contributed by atoms with Gasteiger partial charge in [-0.1, -0.05) is 30.3 Å². The maximum atomic E-state index is 12.8. The Hall–Kier alpha value is -3.15. The molecule has 6 heteroatoms. The molecule has 2 aromatic rings. The van der Waals surface area contributed by atoms with Crippen LogP contribution in [0.25, 0.3) is 0 Å². The maximum absolute atomic E-state index is 12.8. The molecule has 2 aliphatic heterocycles. The molecule has 6 nitrogen and oxygen atoms in total. The fourth-order valence-electron chi connectivity index (χ4n) is 4.17.